The maximum atomic E-state index is 5.96. The van der Waals surface area contributed by atoms with Crippen LogP contribution in [0.1, 0.15) is 18.9 Å². The van der Waals surface area contributed by atoms with E-state index in [0.717, 1.165) is 17.6 Å². The first-order valence-electron chi connectivity index (χ1n) is 5.42. The molecule has 0 radical (unpaired) electrons. The molecule has 1 rings (SSSR count). The molecule has 17 heavy (non-hydrogen) atoms. The molecule has 0 heterocycles. The molecule has 3 nitrogen and oxygen atoms in total. The van der Waals surface area contributed by atoms with E-state index in [1.807, 2.05) is 6.92 Å². The molecule has 0 atom stereocenters. The molecule has 0 amide bonds. The van der Waals surface area contributed by atoms with Gasteiger partial charge in [0, 0.05) is 29.6 Å². The zero-order valence-corrected chi connectivity index (χ0v) is 11.0. The molecule has 0 saturated heterocycles. The van der Waals surface area contributed by atoms with E-state index in [9.17, 15) is 0 Å². The van der Waals surface area contributed by atoms with Crippen LogP contribution in [0.5, 0.6) is 11.5 Å². The van der Waals surface area contributed by atoms with Crippen molar-refractivity contribution >= 4 is 11.6 Å². The highest BCUT2D eigenvalue weighted by Crippen LogP contribution is 2.34. The van der Waals surface area contributed by atoms with Gasteiger partial charge in [0.05, 0.1) is 13.7 Å². The minimum atomic E-state index is 0.360. The summed E-state index contributed by atoms with van der Waals surface area (Å²) in [4.78, 5) is 0. The Bertz CT molecular complexity index is 379. The Morgan fingerprint density at radius 2 is 2.18 bits per heavy atom. The summed E-state index contributed by atoms with van der Waals surface area (Å²) in [5.41, 5.74) is 7.58. The maximum absolute atomic E-state index is 5.96. The van der Waals surface area contributed by atoms with Crippen molar-refractivity contribution in [2.45, 2.75) is 19.9 Å². The molecule has 1 aromatic carbocycles. The normalized spacial score (nSPS) is 10.1. The summed E-state index contributed by atoms with van der Waals surface area (Å²) in [6.07, 6.45) is 0.801. The Morgan fingerprint density at radius 3 is 2.71 bits per heavy atom. The summed E-state index contributed by atoms with van der Waals surface area (Å²) in [7, 11) is 1.58. The van der Waals surface area contributed by atoms with Gasteiger partial charge in [-0.25, -0.2) is 0 Å². The van der Waals surface area contributed by atoms with Gasteiger partial charge < -0.3 is 15.2 Å². The van der Waals surface area contributed by atoms with Gasteiger partial charge in [-0.3, -0.25) is 0 Å². The quantitative estimate of drug-likeness (QED) is 0.795. The van der Waals surface area contributed by atoms with Gasteiger partial charge in [-0.15, -0.1) is 6.58 Å². The monoisotopic (exact) mass is 255 g/mol. The fourth-order valence-electron chi connectivity index (χ4n) is 1.42. The van der Waals surface area contributed by atoms with Crippen molar-refractivity contribution in [2.75, 3.05) is 13.7 Å². The predicted octanol–water partition coefficient (Wildman–Crippen LogP) is 3.15. The van der Waals surface area contributed by atoms with E-state index in [0.29, 0.717) is 29.7 Å². The van der Waals surface area contributed by atoms with Crippen LogP contribution < -0.4 is 15.2 Å². The number of nitrogens with two attached hydrogens (primary N) is 1. The van der Waals surface area contributed by atoms with Crippen LogP contribution in [-0.2, 0) is 6.54 Å². The molecule has 94 valence electrons. The molecule has 0 unspecified atom stereocenters. The SMILES string of the molecule is C=C(C)CCOc1c(CN)cc(Cl)cc1OC. The lowest BCUT2D eigenvalue weighted by molar-refractivity contribution is 0.294. The van der Waals surface area contributed by atoms with Crippen LogP contribution >= 0.6 is 11.6 Å². The second kappa shape index (κ2) is 6.52. The molecule has 1 aromatic rings. The van der Waals surface area contributed by atoms with E-state index in [1.165, 1.54) is 0 Å². The van der Waals surface area contributed by atoms with Gasteiger partial charge in [0.15, 0.2) is 11.5 Å². The van der Waals surface area contributed by atoms with Crippen LogP contribution in [0.4, 0.5) is 0 Å². The number of methoxy groups -OCH3 is 1. The molecule has 0 aliphatic carbocycles. The van der Waals surface area contributed by atoms with Crippen LogP contribution in [0.2, 0.25) is 5.02 Å². The van der Waals surface area contributed by atoms with Gasteiger partial charge in [-0.1, -0.05) is 17.2 Å². The molecule has 0 saturated carbocycles. The van der Waals surface area contributed by atoms with Crippen molar-refractivity contribution in [1.29, 1.82) is 0 Å². The van der Waals surface area contributed by atoms with E-state index in [4.69, 9.17) is 26.8 Å². The maximum Gasteiger partial charge on any atom is 0.165 e. The Balaban J connectivity index is 2.90. The van der Waals surface area contributed by atoms with Crippen molar-refractivity contribution in [3.05, 3.63) is 34.9 Å². The van der Waals surface area contributed by atoms with Crippen molar-refractivity contribution in [3.63, 3.8) is 0 Å². The summed E-state index contributed by atoms with van der Waals surface area (Å²) in [6, 6.07) is 3.51. The number of ether oxygens (including phenoxy) is 2. The summed E-state index contributed by atoms with van der Waals surface area (Å²) in [5, 5.41) is 0.592. The summed E-state index contributed by atoms with van der Waals surface area (Å²) < 4.78 is 10.9. The minimum absolute atomic E-state index is 0.360. The molecule has 4 heteroatoms. The molecule has 0 aliphatic heterocycles. The Morgan fingerprint density at radius 1 is 1.47 bits per heavy atom. The third-order valence-electron chi connectivity index (χ3n) is 2.31. The zero-order valence-electron chi connectivity index (χ0n) is 10.3. The summed E-state index contributed by atoms with van der Waals surface area (Å²) in [5.74, 6) is 1.28. The van der Waals surface area contributed by atoms with Crippen molar-refractivity contribution < 1.29 is 9.47 Å². The van der Waals surface area contributed by atoms with Crippen LogP contribution in [0.15, 0.2) is 24.3 Å². The van der Waals surface area contributed by atoms with Crippen molar-refractivity contribution in [1.82, 2.24) is 0 Å². The molecular weight excluding hydrogens is 238 g/mol. The lowest BCUT2D eigenvalue weighted by Crippen LogP contribution is -2.06. The van der Waals surface area contributed by atoms with Crippen molar-refractivity contribution in [3.8, 4) is 11.5 Å². The van der Waals surface area contributed by atoms with Gasteiger partial charge in [0.1, 0.15) is 0 Å². The van der Waals surface area contributed by atoms with Gasteiger partial charge in [0.25, 0.3) is 0 Å². The first-order valence-corrected chi connectivity index (χ1v) is 5.80. The largest absolute Gasteiger partial charge is 0.493 e. The van der Waals surface area contributed by atoms with E-state index in [-0.39, 0.29) is 0 Å². The topological polar surface area (TPSA) is 44.5 Å². The molecule has 0 aliphatic rings. The number of hydrogen-bond donors (Lipinski definition) is 1. The number of rotatable bonds is 6. The highest BCUT2D eigenvalue weighted by atomic mass is 35.5. The summed E-state index contributed by atoms with van der Waals surface area (Å²) in [6.45, 7) is 6.71. The molecule has 0 fully saturated rings. The van der Waals surface area contributed by atoms with E-state index >= 15 is 0 Å². The first kappa shape index (κ1) is 13.9. The Hall–Kier alpha value is -1.19. The second-order valence-electron chi connectivity index (χ2n) is 3.86. The molecular formula is C13H18ClNO2. The number of halogens is 1. The Kier molecular flexibility index (Phi) is 5.32. The van der Waals surface area contributed by atoms with E-state index in [2.05, 4.69) is 6.58 Å². The summed E-state index contributed by atoms with van der Waals surface area (Å²) >= 11 is 5.96. The first-order chi connectivity index (χ1) is 8.08. The number of benzene rings is 1. The lowest BCUT2D eigenvalue weighted by Gasteiger charge is -2.15. The fourth-order valence-corrected chi connectivity index (χ4v) is 1.65. The lowest BCUT2D eigenvalue weighted by atomic mass is 10.2. The van der Waals surface area contributed by atoms with Gasteiger partial charge in [0.2, 0.25) is 0 Å². The predicted molar refractivity (Wildman–Crippen MR) is 70.8 cm³/mol. The fraction of sp³-hybridized carbons (Fsp3) is 0.385. The standard InChI is InChI=1S/C13H18ClNO2/c1-9(2)4-5-17-13-10(8-15)6-11(14)7-12(13)16-3/h6-7H,1,4-5,8,15H2,2-3H3. The molecule has 2 N–H and O–H groups in total. The third-order valence-corrected chi connectivity index (χ3v) is 2.53. The van der Waals surface area contributed by atoms with Gasteiger partial charge in [-0.05, 0) is 13.0 Å². The number of hydrogen-bond acceptors (Lipinski definition) is 3. The average Bonchev–Trinajstić information content (AvgIpc) is 2.29. The zero-order chi connectivity index (χ0) is 12.8. The van der Waals surface area contributed by atoms with Crippen LogP contribution in [0.25, 0.3) is 0 Å². The molecule has 0 aromatic heterocycles. The minimum Gasteiger partial charge on any atom is -0.493 e. The van der Waals surface area contributed by atoms with Crippen LogP contribution in [0.3, 0.4) is 0 Å². The van der Waals surface area contributed by atoms with E-state index < -0.39 is 0 Å². The van der Waals surface area contributed by atoms with E-state index in [1.54, 1.807) is 19.2 Å². The molecule has 0 bridgehead atoms. The van der Waals surface area contributed by atoms with Crippen LogP contribution in [0, 0.1) is 0 Å². The Labute approximate surface area is 107 Å². The molecule has 0 spiro atoms. The van der Waals surface area contributed by atoms with Crippen molar-refractivity contribution in [2.24, 2.45) is 5.73 Å². The second-order valence-corrected chi connectivity index (χ2v) is 4.29. The van der Waals surface area contributed by atoms with Crippen LogP contribution in [-0.4, -0.2) is 13.7 Å². The smallest absolute Gasteiger partial charge is 0.165 e. The van der Waals surface area contributed by atoms with Gasteiger partial charge >= 0.3 is 0 Å². The highest BCUT2D eigenvalue weighted by Gasteiger charge is 2.11. The third kappa shape index (κ3) is 3.95. The highest BCUT2D eigenvalue weighted by molar-refractivity contribution is 6.30. The van der Waals surface area contributed by atoms with Gasteiger partial charge in [-0.2, -0.15) is 0 Å². The average molecular weight is 256 g/mol.